The molecular weight excluding hydrogens is 699 g/mol. The predicted octanol–water partition coefficient (Wildman–Crippen LogP) is 13.0. The first-order valence-corrected chi connectivity index (χ1v) is 17.4. The van der Waals surface area contributed by atoms with Gasteiger partial charge in [0, 0.05) is 49.1 Å². The van der Waals surface area contributed by atoms with Gasteiger partial charge in [-0.3, -0.25) is 4.57 Å². The third-order valence-electron chi connectivity index (χ3n) is 9.77. The third-order valence-corrected chi connectivity index (χ3v) is 9.77. The summed E-state index contributed by atoms with van der Waals surface area (Å²) in [5.74, 6) is -1.51. The molecule has 4 heterocycles. The smallest absolute Gasteiger partial charge is 0.238 e. The summed E-state index contributed by atoms with van der Waals surface area (Å²) in [4.78, 5) is 14.3. The van der Waals surface area contributed by atoms with E-state index in [-0.39, 0.29) is 28.1 Å². The standard InChI is InChI=1S/C51H31N5O/c1-4-15-32(16-5-1)36-23-14-26-44-46(36)41-28-27-34(31-45(41)57-44)50-52-49(33-17-6-2-7-18-33)53-51(54-50)56-43-25-13-11-22-38(43)40-30-29-39-37-21-10-12-24-42(37)55(47(39)48(40)56)35-19-8-3-9-20-35/h1-31H/i1D,2D,3D,4D,5D,6D,7D,8D,9D,14D,15D,16D,17D,18D,19D,20D,23D,26D,27D,28D,31D. The van der Waals surface area contributed by atoms with Crippen LogP contribution < -0.4 is 0 Å². The van der Waals surface area contributed by atoms with Gasteiger partial charge in [-0.25, -0.2) is 4.98 Å². The minimum atomic E-state index is -0.801. The van der Waals surface area contributed by atoms with E-state index in [2.05, 4.69) is 4.98 Å². The van der Waals surface area contributed by atoms with Gasteiger partial charge in [-0.1, -0.05) is 145 Å². The fourth-order valence-electron chi connectivity index (χ4n) is 7.47. The van der Waals surface area contributed by atoms with Gasteiger partial charge in [0.15, 0.2) is 11.6 Å². The van der Waals surface area contributed by atoms with Crippen LogP contribution in [-0.2, 0) is 0 Å². The Morgan fingerprint density at radius 3 is 1.74 bits per heavy atom. The van der Waals surface area contributed by atoms with Gasteiger partial charge >= 0.3 is 0 Å². The van der Waals surface area contributed by atoms with Crippen molar-refractivity contribution in [3.8, 4) is 45.5 Å². The van der Waals surface area contributed by atoms with Gasteiger partial charge in [-0.05, 0) is 53.5 Å². The first kappa shape index (κ1) is 17.3. The van der Waals surface area contributed by atoms with Crippen molar-refractivity contribution in [1.29, 1.82) is 0 Å². The normalized spacial score (nSPS) is 17.0. The average molecular weight is 751 g/mol. The zero-order chi connectivity index (χ0) is 55.7. The molecular formula is C51H31N5O. The molecule has 12 rings (SSSR count). The Hall–Kier alpha value is -7.83. The summed E-state index contributed by atoms with van der Waals surface area (Å²) in [6.45, 7) is 0. The van der Waals surface area contributed by atoms with Crippen LogP contribution in [0.25, 0.3) is 111 Å². The minimum Gasteiger partial charge on any atom is -0.456 e. The zero-order valence-corrected chi connectivity index (χ0v) is 28.9. The summed E-state index contributed by atoms with van der Waals surface area (Å²) in [7, 11) is 0. The average Bonchev–Trinajstić information content (AvgIpc) is 3.98. The largest absolute Gasteiger partial charge is 0.456 e. The maximum absolute atomic E-state index is 9.77. The van der Waals surface area contributed by atoms with Crippen molar-refractivity contribution in [1.82, 2.24) is 24.1 Å². The second kappa shape index (κ2) is 12.3. The van der Waals surface area contributed by atoms with Gasteiger partial charge in [0.05, 0.1) is 50.9 Å². The van der Waals surface area contributed by atoms with Crippen LogP contribution in [-0.4, -0.2) is 24.1 Å². The lowest BCUT2D eigenvalue weighted by molar-refractivity contribution is 0.669. The van der Waals surface area contributed by atoms with Crippen LogP contribution in [0.4, 0.5) is 0 Å². The van der Waals surface area contributed by atoms with E-state index in [4.69, 9.17) is 36.3 Å². The highest BCUT2D eigenvalue weighted by molar-refractivity contribution is 6.23. The quantitative estimate of drug-likeness (QED) is 0.176. The Labute approximate surface area is 356 Å². The minimum absolute atomic E-state index is 0.201. The van der Waals surface area contributed by atoms with Crippen molar-refractivity contribution in [2.45, 2.75) is 0 Å². The molecule has 0 saturated heterocycles. The SMILES string of the molecule is [2H]c1c([2H])c([2H])c(-c2nc(-c3c([2H])c([2H])c4c(oc5c([2H])c([2H])c([2H])c(-c6c([2H])c([2H])c([2H])c([2H])c6[2H])c54)c3[2H])nc(-n3c4ccccc4c4ccc5c6ccccc6n(-c6c([2H])c([2H])c([2H])c([2H])c6[2H])c5c43)n2)c([2H])c1[2H]. The van der Waals surface area contributed by atoms with Crippen LogP contribution in [0.1, 0.15) is 28.8 Å². The molecule has 0 saturated carbocycles. The lowest BCUT2D eigenvalue weighted by Crippen LogP contribution is -2.07. The molecule has 8 aromatic carbocycles. The molecule has 0 spiro atoms. The molecule has 266 valence electrons. The molecule has 0 atom stereocenters. The number of hydrogen-bond acceptors (Lipinski definition) is 4. The molecule has 0 bridgehead atoms. The Morgan fingerprint density at radius 1 is 0.439 bits per heavy atom. The highest BCUT2D eigenvalue weighted by Gasteiger charge is 2.24. The molecule has 0 fully saturated rings. The summed E-state index contributed by atoms with van der Waals surface area (Å²) in [6, 6.07) is 2.46. The first-order chi connectivity index (χ1) is 37.0. The van der Waals surface area contributed by atoms with Crippen molar-refractivity contribution in [2.75, 3.05) is 0 Å². The van der Waals surface area contributed by atoms with E-state index in [0.29, 0.717) is 32.6 Å². The van der Waals surface area contributed by atoms with Crippen LogP contribution in [0.2, 0.25) is 0 Å². The summed E-state index contributed by atoms with van der Waals surface area (Å²) in [6.07, 6.45) is 0. The van der Waals surface area contributed by atoms with Gasteiger partial charge in [0.25, 0.3) is 0 Å². The molecule has 57 heavy (non-hydrogen) atoms. The maximum atomic E-state index is 9.77. The summed E-state index contributed by atoms with van der Waals surface area (Å²) in [5, 5.41) is 1.46. The van der Waals surface area contributed by atoms with E-state index in [9.17, 15) is 6.85 Å². The Bertz CT molecular complexity index is 4690. The third kappa shape index (κ3) is 4.81. The molecule has 0 aliphatic rings. The van der Waals surface area contributed by atoms with Gasteiger partial charge in [0.1, 0.15) is 11.2 Å². The highest BCUT2D eigenvalue weighted by atomic mass is 16.3. The molecule has 6 heteroatoms. The molecule has 0 amide bonds. The molecule has 4 aromatic heterocycles. The second-order valence-electron chi connectivity index (χ2n) is 12.8. The molecule has 0 unspecified atom stereocenters. The lowest BCUT2D eigenvalue weighted by Gasteiger charge is -2.13. The number of fused-ring (bicyclic) bond motifs is 10. The summed E-state index contributed by atoms with van der Waals surface area (Å²) >= 11 is 0. The number of para-hydroxylation sites is 3. The molecule has 0 aliphatic heterocycles. The maximum Gasteiger partial charge on any atom is 0.238 e. The number of benzene rings is 8. The van der Waals surface area contributed by atoms with Gasteiger partial charge < -0.3 is 8.98 Å². The van der Waals surface area contributed by atoms with E-state index in [1.807, 2.05) is 12.1 Å². The van der Waals surface area contributed by atoms with Crippen LogP contribution in [0.3, 0.4) is 0 Å². The van der Waals surface area contributed by atoms with E-state index >= 15 is 0 Å². The molecule has 0 N–H and O–H groups in total. The van der Waals surface area contributed by atoms with Crippen molar-refractivity contribution >= 4 is 65.6 Å². The number of rotatable bonds is 5. The summed E-state index contributed by atoms with van der Waals surface area (Å²) in [5.41, 5.74) is -2.04. The number of aromatic nitrogens is 5. The molecule has 0 aliphatic carbocycles. The molecule has 6 nitrogen and oxygen atoms in total. The number of nitrogens with zero attached hydrogens (tertiary/aromatic N) is 5. The number of hydrogen-bond donors (Lipinski definition) is 0. The van der Waals surface area contributed by atoms with Crippen LogP contribution in [0.15, 0.2) is 192 Å². The van der Waals surface area contributed by atoms with Crippen LogP contribution in [0.5, 0.6) is 0 Å². The monoisotopic (exact) mass is 750 g/mol. The second-order valence-corrected chi connectivity index (χ2v) is 12.8. The van der Waals surface area contributed by atoms with Crippen molar-refractivity contribution < 1.29 is 33.2 Å². The van der Waals surface area contributed by atoms with Crippen LogP contribution >= 0.6 is 0 Å². The van der Waals surface area contributed by atoms with Gasteiger partial charge in [0.2, 0.25) is 5.95 Å². The van der Waals surface area contributed by atoms with Crippen molar-refractivity contribution in [3.05, 3.63) is 188 Å². The summed E-state index contributed by atoms with van der Waals surface area (Å²) < 4.78 is 195. The van der Waals surface area contributed by atoms with E-state index in [0.717, 1.165) is 0 Å². The zero-order valence-electron chi connectivity index (χ0n) is 49.9. The van der Waals surface area contributed by atoms with Crippen molar-refractivity contribution in [3.63, 3.8) is 0 Å². The lowest BCUT2D eigenvalue weighted by atomic mass is 9.99. The predicted molar refractivity (Wildman–Crippen MR) is 232 cm³/mol. The van der Waals surface area contributed by atoms with E-state index < -0.39 is 177 Å². The fourth-order valence-corrected chi connectivity index (χ4v) is 7.47. The van der Waals surface area contributed by atoms with Crippen LogP contribution in [0, 0.1) is 0 Å². The van der Waals surface area contributed by atoms with E-state index in [1.54, 1.807) is 48.5 Å². The highest BCUT2D eigenvalue weighted by Crippen LogP contribution is 2.42. The first-order valence-electron chi connectivity index (χ1n) is 27.9. The van der Waals surface area contributed by atoms with Gasteiger partial charge in [-0.2, -0.15) is 9.97 Å². The topological polar surface area (TPSA) is 61.7 Å². The van der Waals surface area contributed by atoms with E-state index in [1.165, 1.54) is 9.13 Å². The molecule has 0 radical (unpaired) electrons. The van der Waals surface area contributed by atoms with Crippen molar-refractivity contribution in [2.24, 2.45) is 0 Å². The Morgan fingerprint density at radius 2 is 1.04 bits per heavy atom. The Balaban J connectivity index is 1.25. The number of furan rings is 1. The molecule has 12 aromatic rings. The Kier molecular flexibility index (Phi) is 3.75. The fraction of sp³-hybridized carbons (Fsp3) is 0. The van der Waals surface area contributed by atoms with Gasteiger partial charge in [-0.15, -0.1) is 0 Å².